The number of halogens is 1. The number of amides is 1. The van der Waals surface area contributed by atoms with Gasteiger partial charge in [-0.05, 0) is 24.8 Å². The lowest BCUT2D eigenvalue weighted by Crippen LogP contribution is -2.48. The van der Waals surface area contributed by atoms with E-state index in [0.29, 0.717) is 31.9 Å². The van der Waals surface area contributed by atoms with E-state index in [1.807, 2.05) is 0 Å². The molecule has 1 amide bonds. The normalized spacial score (nSPS) is 25.3. The molecule has 6 nitrogen and oxygen atoms in total. The molecule has 0 bridgehead atoms. The Hall–Kier alpha value is -1.89. The van der Waals surface area contributed by atoms with Crippen molar-refractivity contribution in [1.29, 1.82) is 0 Å². The summed E-state index contributed by atoms with van der Waals surface area (Å²) in [6.45, 7) is 1.32. The molecule has 0 radical (unpaired) electrons. The number of carbonyl (C=O) groups is 1. The molecule has 1 aromatic heterocycles. The fraction of sp³-hybridized carbons (Fsp3) is 0.600. The lowest BCUT2D eigenvalue weighted by atomic mass is 9.89. The second-order valence-corrected chi connectivity index (χ2v) is 5.79. The molecule has 3 rings (SSSR count). The van der Waals surface area contributed by atoms with Crippen LogP contribution < -0.4 is 10.1 Å². The number of rotatable bonds is 4. The Labute approximate surface area is 127 Å². The zero-order valence-electron chi connectivity index (χ0n) is 12.1. The first-order valence-electron chi connectivity index (χ1n) is 7.51. The van der Waals surface area contributed by atoms with Crippen LogP contribution in [0.3, 0.4) is 0 Å². The van der Waals surface area contributed by atoms with Crippen LogP contribution >= 0.6 is 0 Å². The number of carboxylic acid groups (broad SMARTS) is 1. The van der Waals surface area contributed by atoms with Crippen LogP contribution in [0, 0.1) is 5.82 Å². The maximum atomic E-state index is 13.5. The van der Waals surface area contributed by atoms with E-state index in [1.54, 1.807) is 0 Å². The van der Waals surface area contributed by atoms with Gasteiger partial charge in [0.2, 0.25) is 5.88 Å². The van der Waals surface area contributed by atoms with Crippen molar-refractivity contribution < 1.29 is 23.8 Å². The number of hydrogen-bond donors (Lipinski definition) is 2. The van der Waals surface area contributed by atoms with E-state index in [2.05, 4.69) is 10.3 Å². The van der Waals surface area contributed by atoms with E-state index in [9.17, 15) is 9.18 Å². The minimum Gasteiger partial charge on any atom is -0.474 e. The maximum Gasteiger partial charge on any atom is 0.404 e. The topological polar surface area (TPSA) is 80.7 Å². The standard InChI is InChI=1S/C15H19FN2O4/c16-10-5-13(9-1-3-21-4-2-9)14(17-8-10)22-12-6-11(7-12)18-15(19)20/h5,8-9,11-12,18H,1-4,6-7H2,(H,19,20)/t11-,12-. The van der Waals surface area contributed by atoms with E-state index in [-0.39, 0.29) is 23.9 Å². The Balaban J connectivity index is 1.65. The molecule has 1 saturated carbocycles. The summed E-state index contributed by atoms with van der Waals surface area (Å²) in [5, 5.41) is 11.1. The van der Waals surface area contributed by atoms with E-state index in [0.717, 1.165) is 24.6 Å². The molecular weight excluding hydrogens is 291 g/mol. The summed E-state index contributed by atoms with van der Waals surface area (Å²) in [4.78, 5) is 14.6. The van der Waals surface area contributed by atoms with Crippen molar-refractivity contribution in [3.05, 3.63) is 23.6 Å². The van der Waals surface area contributed by atoms with Crippen molar-refractivity contribution in [2.75, 3.05) is 13.2 Å². The Bertz CT molecular complexity index is 542. The molecule has 2 heterocycles. The first kappa shape index (κ1) is 15.0. The molecule has 1 aromatic rings. The fourth-order valence-electron chi connectivity index (χ4n) is 2.95. The summed E-state index contributed by atoms with van der Waals surface area (Å²) in [5.74, 6) is 0.292. The highest BCUT2D eigenvalue weighted by molar-refractivity contribution is 5.65. The summed E-state index contributed by atoms with van der Waals surface area (Å²) >= 11 is 0. The van der Waals surface area contributed by atoms with Crippen molar-refractivity contribution in [3.8, 4) is 5.88 Å². The second kappa shape index (κ2) is 6.48. The van der Waals surface area contributed by atoms with E-state index in [4.69, 9.17) is 14.6 Å². The SMILES string of the molecule is O=C(O)N[C@H]1C[C@H](Oc2ncc(F)cc2C2CCOCC2)C1. The third kappa shape index (κ3) is 3.47. The molecule has 7 heteroatoms. The van der Waals surface area contributed by atoms with Gasteiger partial charge in [0, 0.05) is 37.7 Å². The number of pyridine rings is 1. The minimum atomic E-state index is -1.02. The van der Waals surface area contributed by atoms with Crippen LogP contribution in [-0.4, -0.2) is 41.5 Å². The molecule has 1 aliphatic carbocycles. The Morgan fingerprint density at radius 2 is 2.14 bits per heavy atom. The van der Waals surface area contributed by atoms with Crippen molar-refractivity contribution in [3.63, 3.8) is 0 Å². The lowest BCUT2D eigenvalue weighted by molar-refractivity contribution is 0.0708. The molecule has 0 aromatic carbocycles. The molecule has 2 fully saturated rings. The van der Waals surface area contributed by atoms with Crippen LogP contribution in [0.2, 0.25) is 0 Å². The smallest absolute Gasteiger partial charge is 0.404 e. The van der Waals surface area contributed by atoms with E-state index >= 15 is 0 Å². The number of ether oxygens (including phenoxy) is 2. The average Bonchev–Trinajstić information content (AvgIpc) is 2.47. The monoisotopic (exact) mass is 310 g/mol. The highest BCUT2D eigenvalue weighted by Crippen LogP contribution is 2.35. The molecule has 1 saturated heterocycles. The molecular formula is C15H19FN2O4. The van der Waals surface area contributed by atoms with Crippen LogP contribution in [0.15, 0.2) is 12.3 Å². The zero-order chi connectivity index (χ0) is 15.5. The largest absolute Gasteiger partial charge is 0.474 e. The van der Waals surface area contributed by atoms with Crippen molar-refractivity contribution in [2.24, 2.45) is 0 Å². The quantitative estimate of drug-likeness (QED) is 0.892. The van der Waals surface area contributed by atoms with Crippen LogP contribution in [-0.2, 0) is 4.74 Å². The maximum absolute atomic E-state index is 13.5. The van der Waals surface area contributed by atoms with E-state index < -0.39 is 6.09 Å². The number of hydrogen-bond acceptors (Lipinski definition) is 4. The van der Waals surface area contributed by atoms with Gasteiger partial charge in [-0.15, -0.1) is 0 Å². The van der Waals surface area contributed by atoms with Crippen molar-refractivity contribution >= 4 is 6.09 Å². The van der Waals surface area contributed by atoms with Crippen LogP contribution in [0.5, 0.6) is 5.88 Å². The van der Waals surface area contributed by atoms with Gasteiger partial charge in [-0.1, -0.05) is 0 Å². The van der Waals surface area contributed by atoms with Crippen molar-refractivity contribution in [1.82, 2.24) is 10.3 Å². The van der Waals surface area contributed by atoms with Crippen molar-refractivity contribution in [2.45, 2.75) is 43.7 Å². The highest BCUT2D eigenvalue weighted by Gasteiger charge is 2.33. The van der Waals surface area contributed by atoms with Crippen LogP contribution in [0.1, 0.15) is 37.2 Å². The summed E-state index contributed by atoms with van der Waals surface area (Å²) < 4.78 is 24.7. The predicted molar refractivity (Wildman–Crippen MR) is 75.6 cm³/mol. The van der Waals surface area contributed by atoms with Gasteiger partial charge in [0.15, 0.2) is 0 Å². The first-order chi connectivity index (χ1) is 10.6. The predicted octanol–water partition coefficient (Wildman–Crippen LogP) is 2.29. The van der Waals surface area contributed by atoms with Gasteiger partial charge in [0.25, 0.3) is 0 Å². The molecule has 0 unspecified atom stereocenters. The molecule has 0 spiro atoms. The summed E-state index contributed by atoms with van der Waals surface area (Å²) in [5.41, 5.74) is 0.790. The Morgan fingerprint density at radius 3 is 2.82 bits per heavy atom. The minimum absolute atomic E-state index is 0.0746. The van der Waals surface area contributed by atoms with Gasteiger partial charge in [-0.25, -0.2) is 14.2 Å². The number of aromatic nitrogens is 1. The number of nitrogens with zero attached hydrogens (tertiary/aromatic N) is 1. The third-order valence-electron chi connectivity index (χ3n) is 4.21. The van der Waals surface area contributed by atoms with Gasteiger partial charge >= 0.3 is 6.09 Å². The molecule has 120 valence electrons. The van der Waals surface area contributed by atoms with Gasteiger partial charge in [0.05, 0.1) is 6.20 Å². The van der Waals surface area contributed by atoms with Gasteiger partial charge in [-0.3, -0.25) is 0 Å². The molecule has 22 heavy (non-hydrogen) atoms. The summed E-state index contributed by atoms with van der Waals surface area (Å²) in [7, 11) is 0. The molecule has 2 N–H and O–H groups in total. The fourth-order valence-corrected chi connectivity index (χ4v) is 2.95. The molecule has 2 aliphatic rings. The Kier molecular flexibility index (Phi) is 4.42. The molecule has 1 aliphatic heterocycles. The molecule has 0 atom stereocenters. The third-order valence-corrected chi connectivity index (χ3v) is 4.21. The zero-order valence-corrected chi connectivity index (χ0v) is 12.1. The van der Waals surface area contributed by atoms with Crippen LogP contribution in [0.25, 0.3) is 0 Å². The number of nitrogens with one attached hydrogen (secondary N) is 1. The second-order valence-electron chi connectivity index (χ2n) is 5.79. The summed E-state index contributed by atoms with van der Waals surface area (Å²) in [6, 6.07) is 1.42. The first-order valence-corrected chi connectivity index (χ1v) is 7.51. The Morgan fingerprint density at radius 1 is 1.41 bits per heavy atom. The lowest BCUT2D eigenvalue weighted by Gasteiger charge is -2.35. The van der Waals surface area contributed by atoms with Gasteiger partial charge in [0.1, 0.15) is 11.9 Å². The van der Waals surface area contributed by atoms with Gasteiger partial charge in [-0.2, -0.15) is 0 Å². The van der Waals surface area contributed by atoms with Crippen LogP contribution in [0.4, 0.5) is 9.18 Å². The highest BCUT2D eigenvalue weighted by atomic mass is 19.1. The summed E-state index contributed by atoms with van der Waals surface area (Å²) in [6.07, 6.45) is 2.94. The van der Waals surface area contributed by atoms with E-state index in [1.165, 1.54) is 6.07 Å². The van der Waals surface area contributed by atoms with Gasteiger partial charge < -0.3 is 19.9 Å². The average molecular weight is 310 g/mol.